The van der Waals surface area contributed by atoms with Crippen molar-refractivity contribution >= 4 is 17.5 Å². The van der Waals surface area contributed by atoms with Gasteiger partial charge in [0, 0.05) is 32.7 Å². The molecular weight excluding hydrogens is 328 g/mol. The molecule has 1 fully saturated rings. The smallest absolute Gasteiger partial charge is 0.257 e. The molecule has 2 aromatic rings. The molecule has 1 amide bonds. The van der Waals surface area contributed by atoms with Crippen LogP contribution >= 0.6 is 11.6 Å². The fraction of sp³-hybridized carbons (Fsp3) is 0.412. The van der Waals surface area contributed by atoms with Crippen LogP contribution in [0.5, 0.6) is 0 Å². The maximum atomic E-state index is 12.8. The van der Waals surface area contributed by atoms with Crippen molar-refractivity contribution in [2.45, 2.75) is 6.92 Å². The number of aliphatic hydroxyl groups is 1. The molecule has 0 aliphatic carbocycles. The minimum absolute atomic E-state index is 0.00514. The summed E-state index contributed by atoms with van der Waals surface area (Å²) >= 11 is 6.23. The van der Waals surface area contributed by atoms with Crippen LogP contribution in [0.2, 0.25) is 5.02 Å². The number of amides is 1. The van der Waals surface area contributed by atoms with Gasteiger partial charge in [0.1, 0.15) is 0 Å². The minimum Gasteiger partial charge on any atom is -0.395 e. The van der Waals surface area contributed by atoms with E-state index in [1.165, 1.54) is 0 Å². The van der Waals surface area contributed by atoms with Crippen LogP contribution in [-0.2, 0) is 0 Å². The standard InChI is InChI=1S/C17H21ClN4O2/c1-13-14(12-19-22(13)16-5-3-2-4-15(16)18)17(24)21-8-6-20(7-9-21)10-11-23/h2-5,12,23H,6-11H2,1H3. The normalized spacial score (nSPS) is 15.7. The Labute approximate surface area is 146 Å². The van der Waals surface area contributed by atoms with E-state index in [4.69, 9.17) is 16.7 Å². The van der Waals surface area contributed by atoms with Crippen molar-refractivity contribution in [3.63, 3.8) is 0 Å². The Morgan fingerprint density at radius 2 is 1.96 bits per heavy atom. The monoisotopic (exact) mass is 348 g/mol. The lowest BCUT2D eigenvalue weighted by atomic mass is 10.2. The minimum atomic E-state index is -0.00514. The van der Waals surface area contributed by atoms with E-state index < -0.39 is 0 Å². The highest BCUT2D eigenvalue weighted by Gasteiger charge is 2.25. The van der Waals surface area contributed by atoms with Gasteiger partial charge in [0.15, 0.2) is 0 Å². The van der Waals surface area contributed by atoms with Crippen LogP contribution in [0.3, 0.4) is 0 Å². The van der Waals surface area contributed by atoms with Crippen molar-refractivity contribution in [1.29, 1.82) is 0 Å². The third kappa shape index (κ3) is 3.31. The number of rotatable bonds is 4. The summed E-state index contributed by atoms with van der Waals surface area (Å²) in [5.74, 6) is -0.00514. The largest absolute Gasteiger partial charge is 0.395 e. The Morgan fingerprint density at radius 3 is 2.62 bits per heavy atom. The Morgan fingerprint density at radius 1 is 1.25 bits per heavy atom. The third-order valence-corrected chi connectivity index (χ3v) is 4.72. The molecule has 1 N–H and O–H groups in total. The highest BCUT2D eigenvalue weighted by Crippen LogP contribution is 2.22. The number of hydrogen-bond acceptors (Lipinski definition) is 4. The first-order valence-corrected chi connectivity index (χ1v) is 8.41. The van der Waals surface area contributed by atoms with Crippen LogP contribution < -0.4 is 0 Å². The number of nitrogens with zero attached hydrogens (tertiary/aromatic N) is 4. The Kier molecular flexibility index (Phi) is 5.18. The van der Waals surface area contributed by atoms with Gasteiger partial charge in [-0.05, 0) is 19.1 Å². The maximum absolute atomic E-state index is 12.8. The second-order valence-electron chi connectivity index (χ2n) is 5.86. The molecule has 0 saturated carbocycles. The molecule has 0 atom stereocenters. The number of aromatic nitrogens is 2. The fourth-order valence-electron chi connectivity index (χ4n) is 2.97. The molecule has 1 aliphatic rings. The predicted octanol–water partition coefficient (Wildman–Crippen LogP) is 1.58. The van der Waals surface area contributed by atoms with Gasteiger partial charge in [-0.15, -0.1) is 0 Å². The average Bonchev–Trinajstić information content (AvgIpc) is 2.97. The Hall–Kier alpha value is -1.89. The topological polar surface area (TPSA) is 61.6 Å². The van der Waals surface area contributed by atoms with Gasteiger partial charge in [-0.1, -0.05) is 23.7 Å². The molecule has 1 aromatic carbocycles. The first-order chi connectivity index (χ1) is 11.6. The van der Waals surface area contributed by atoms with E-state index >= 15 is 0 Å². The summed E-state index contributed by atoms with van der Waals surface area (Å²) in [4.78, 5) is 16.8. The Balaban J connectivity index is 1.77. The van der Waals surface area contributed by atoms with E-state index in [2.05, 4.69) is 10.00 Å². The second-order valence-corrected chi connectivity index (χ2v) is 6.27. The first-order valence-electron chi connectivity index (χ1n) is 8.04. The zero-order valence-corrected chi connectivity index (χ0v) is 14.4. The van der Waals surface area contributed by atoms with Crippen LogP contribution in [0.25, 0.3) is 5.69 Å². The van der Waals surface area contributed by atoms with Crippen LogP contribution in [0.1, 0.15) is 16.1 Å². The summed E-state index contributed by atoms with van der Waals surface area (Å²) < 4.78 is 1.71. The highest BCUT2D eigenvalue weighted by molar-refractivity contribution is 6.32. The quantitative estimate of drug-likeness (QED) is 0.911. The van der Waals surface area contributed by atoms with Gasteiger partial charge in [-0.2, -0.15) is 5.10 Å². The average molecular weight is 349 g/mol. The number of hydrogen-bond donors (Lipinski definition) is 1. The molecule has 128 valence electrons. The van der Waals surface area contributed by atoms with Crippen molar-refractivity contribution in [3.05, 3.63) is 46.7 Å². The van der Waals surface area contributed by atoms with Gasteiger partial charge in [-0.3, -0.25) is 9.69 Å². The molecule has 1 aliphatic heterocycles. The van der Waals surface area contributed by atoms with Gasteiger partial charge in [0.05, 0.1) is 34.8 Å². The summed E-state index contributed by atoms with van der Waals surface area (Å²) in [6.07, 6.45) is 1.61. The number of benzene rings is 1. The summed E-state index contributed by atoms with van der Waals surface area (Å²) in [5.41, 5.74) is 2.15. The van der Waals surface area contributed by atoms with Crippen LogP contribution in [0.4, 0.5) is 0 Å². The van der Waals surface area contributed by atoms with Gasteiger partial charge in [0.25, 0.3) is 5.91 Å². The first kappa shape index (κ1) is 17.0. The summed E-state index contributed by atoms with van der Waals surface area (Å²) in [6, 6.07) is 7.44. The van der Waals surface area contributed by atoms with Crippen LogP contribution in [0.15, 0.2) is 30.5 Å². The fourth-order valence-corrected chi connectivity index (χ4v) is 3.19. The summed E-state index contributed by atoms with van der Waals surface area (Å²) in [6.45, 7) is 5.58. The van der Waals surface area contributed by atoms with E-state index in [9.17, 15) is 4.79 Å². The molecule has 2 heterocycles. The number of β-amino-alcohol motifs (C(OH)–C–C–N with tert-alkyl or cyclic N) is 1. The summed E-state index contributed by atoms with van der Waals surface area (Å²) in [7, 11) is 0. The lowest BCUT2D eigenvalue weighted by Crippen LogP contribution is -2.49. The SMILES string of the molecule is Cc1c(C(=O)N2CCN(CCO)CC2)cnn1-c1ccccc1Cl. The molecule has 1 saturated heterocycles. The zero-order valence-electron chi connectivity index (χ0n) is 13.7. The highest BCUT2D eigenvalue weighted by atomic mass is 35.5. The lowest BCUT2D eigenvalue weighted by Gasteiger charge is -2.34. The van der Waals surface area contributed by atoms with Crippen molar-refractivity contribution in [2.75, 3.05) is 39.3 Å². The van der Waals surface area contributed by atoms with Gasteiger partial charge in [-0.25, -0.2) is 4.68 Å². The zero-order chi connectivity index (χ0) is 17.1. The molecule has 3 rings (SSSR count). The number of carbonyl (C=O) groups excluding carboxylic acids is 1. The molecule has 0 spiro atoms. The van der Waals surface area contributed by atoms with Crippen molar-refractivity contribution in [1.82, 2.24) is 19.6 Å². The van der Waals surface area contributed by atoms with E-state index in [1.54, 1.807) is 16.9 Å². The number of halogens is 1. The Bertz CT molecular complexity index is 723. The van der Waals surface area contributed by atoms with E-state index in [-0.39, 0.29) is 12.5 Å². The van der Waals surface area contributed by atoms with Crippen molar-refractivity contribution in [3.8, 4) is 5.69 Å². The predicted molar refractivity (Wildman–Crippen MR) is 92.7 cm³/mol. The molecule has 1 aromatic heterocycles. The number of para-hydroxylation sites is 1. The van der Waals surface area contributed by atoms with E-state index in [0.717, 1.165) is 24.5 Å². The van der Waals surface area contributed by atoms with Gasteiger partial charge in [0.2, 0.25) is 0 Å². The number of piperazine rings is 1. The molecule has 0 unspecified atom stereocenters. The molecule has 24 heavy (non-hydrogen) atoms. The van der Waals surface area contributed by atoms with Crippen molar-refractivity contribution in [2.24, 2.45) is 0 Å². The van der Waals surface area contributed by atoms with Gasteiger partial charge >= 0.3 is 0 Å². The van der Waals surface area contributed by atoms with E-state index in [1.807, 2.05) is 30.0 Å². The number of carbonyl (C=O) groups is 1. The maximum Gasteiger partial charge on any atom is 0.257 e. The summed E-state index contributed by atoms with van der Waals surface area (Å²) in [5, 5.41) is 13.9. The molecule has 7 heteroatoms. The van der Waals surface area contributed by atoms with Crippen molar-refractivity contribution < 1.29 is 9.90 Å². The molecule has 0 bridgehead atoms. The number of aliphatic hydroxyl groups excluding tert-OH is 1. The van der Waals surface area contributed by atoms with Crippen LogP contribution in [0, 0.1) is 6.92 Å². The van der Waals surface area contributed by atoms with Gasteiger partial charge < -0.3 is 10.0 Å². The van der Waals surface area contributed by atoms with E-state index in [0.29, 0.717) is 30.2 Å². The molecular formula is C17H21ClN4O2. The van der Waals surface area contributed by atoms with Crippen LogP contribution in [-0.4, -0.2) is 69.9 Å². The lowest BCUT2D eigenvalue weighted by molar-refractivity contribution is 0.0614. The molecule has 0 radical (unpaired) electrons. The molecule has 6 nitrogen and oxygen atoms in total. The second kappa shape index (κ2) is 7.34. The third-order valence-electron chi connectivity index (χ3n) is 4.40.